The van der Waals surface area contributed by atoms with Gasteiger partial charge in [0, 0.05) is 18.8 Å². The van der Waals surface area contributed by atoms with Crippen LogP contribution in [0.4, 0.5) is 0 Å². The van der Waals surface area contributed by atoms with Crippen molar-refractivity contribution in [2.75, 3.05) is 0 Å². The molecule has 1 aromatic heterocycles. The average Bonchev–Trinajstić information content (AvgIpc) is 2.60. The summed E-state index contributed by atoms with van der Waals surface area (Å²) in [5.74, 6) is 0.132. The van der Waals surface area contributed by atoms with Gasteiger partial charge in [-0.25, -0.2) is 0 Å². The van der Waals surface area contributed by atoms with Crippen molar-refractivity contribution in [2.45, 2.75) is 0 Å². The lowest BCUT2D eigenvalue weighted by atomic mass is 10.1. The molecule has 1 N–H and O–H groups in total. The summed E-state index contributed by atoms with van der Waals surface area (Å²) in [4.78, 5) is 0. The summed E-state index contributed by atoms with van der Waals surface area (Å²) in [5, 5.41) is 22.7. The van der Waals surface area contributed by atoms with Gasteiger partial charge in [0.2, 0.25) is 0 Å². The highest BCUT2D eigenvalue weighted by Crippen LogP contribution is 2.29. The normalized spacial score (nSPS) is 9.87. The van der Waals surface area contributed by atoms with Crippen LogP contribution in [0.5, 0.6) is 5.75 Å². The van der Waals surface area contributed by atoms with Gasteiger partial charge >= 0.3 is 0 Å². The number of rotatable bonds is 1. The van der Waals surface area contributed by atoms with Crippen LogP contribution in [-0.2, 0) is 7.05 Å². The zero-order valence-electron chi connectivity index (χ0n) is 8.18. The van der Waals surface area contributed by atoms with E-state index in [0.717, 1.165) is 0 Å². The molecule has 0 aliphatic rings. The Morgan fingerprint density at radius 3 is 2.80 bits per heavy atom. The van der Waals surface area contributed by atoms with Gasteiger partial charge in [0.05, 0.1) is 5.56 Å². The Hall–Kier alpha value is -2.28. The van der Waals surface area contributed by atoms with Crippen LogP contribution in [0.1, 0.15) is 5.56 Å². The van der Waals surface area contributed by atoms with Gasteiger partial charge in [0.1, 0.15) is 17.5 Å². The Morgan fingerprint density at radius 1 is 1.40 bits per heavy atom. The van der Waals surface area contributed by atoms with Crippen molar-refractivity contribution in [3.05, 3.63) is 36.0 Å². The number of aromatic hydroxyl groups is 1. The summed E-state index contributed by atoms with van der Waals surface area (Å²) in [5.41, 5.74) is 1.55. The van der Waals surface area contributed by atoms with Crippen LogP contribution in [-0.4, -0.2) is 14.9 Å². The van der Waals surface area contributed by atoms with E-state index < -0.39 is 0 Å². The number of phenols is 1. The number of nitrogens with zero attached hydrogens (tertiary/aromatic N) is 3. The van der Waals surface area contributed by atoms with Gasteiger partial charge in [-0.1, -0.05) is 12.1 Å². The van der Waals surface area contributed by atoms with Crippen LogP contribution in [0.2, 0.25) is 0 Å². The van der Waals surface area contributed by atoms with Gasteiger partial charge in [-0.2, -0.15) is 10.4 Å². The number of benzene rings is 1. The van der Waals surface area contributed by atoms with E-state index in [9.17, 15) is 5.11 Å². The van der Waals surface area contributed by atoms with Crippen LogP contribution < -0.4 is 0 Å². The topological polar surface area (TPSA) is 61.8 Å². The molecule has 0 aliphatic heterocycles. The molecule has 0 atom stereocenters. The third kappa shape index (κ3) is 1.55. The lowest BCUT2D eigenvalue weighted by Crippen LogP contribution is -1.88. The number of hydrogen-bond donors (Lipinski definition) is 1. The molecule has 74 valence electrons. The molecule has 2 rings (SSSR count). The predicted molar refractivity (Wildman–Crippen MR) is 55.0 cm³/mol. The first-order valence-corrected chi connectivity index (χ1v) is 4.44. The number of hydrogen-bond acceptors (Lipinski definition) is 3. The van der Waals surface area contributed by atoms with Gasteiger partial charge < -0.3 is 5.11 Å². The summed E-state index contributed by atoms with van der Waals surface area (Å²) in [6, 6.07) is 8.88. The minimum atomic E-state index is 0.132. The van der Waals surface area contributed by atoms with E-state index in [1.807, 2.05) is 6.07 Å². The van der Waals surface area contributed by atoms with Gasteiger partial charge in [-0.05, 0) is 12.1 Å². The zero-order chi connectivity index (χ0) is 10.8. The maximum absolute atomic E-state index is 9.63. The van der Waals surface area contributed by atoms with Gasteiger partial charge in [-0.15, -0.1) is 0 Å². The van der Waals surface area contributed by atoms with Crippen molar-refractivity contribution in [3.63, 3.8) is 0 Å². The number of para-hydroxylation sites is 1. The van der Waals surface area contributed by atoms with E-state index in [0.29, 0.717) is 16.8 Å². The van der Waals surface area contributed by atoms with Crippen molar-refractivity contribution >= 4 is 0 Å². The van der Waals surface area contributed by atoms with Gasteiger partial charge in [0.15, 0.2) is 0 Å². The fourth-order valence-electron chi connectivity index (χ4n) is 1.44. The SMILES string of the molecule is Cn1cc(C#N)c(-c2ccccc2O)n1. The maximum Gasteiger partial charge on any atom is 0.125 e. The van der Waals surface area contributed by atoms with E-state index in [4.69, 9.17) is 5.26 Å². The fourth-order valence-corrected chi connectivity index (χ4v) is 1.44. The zero-order valence-corrected chi connectivity index (χ0v) is 8.18. The molecule has 1 aromatic carbocycles. The Kier molecular flexibility index (Phi) is 2.14. The second-order valence-electron chi connectivity index (χ2n) is 3.19. The van der Waals surface area contributed by atoms with E-state index in [1.165, 1.54) is 0 Å². The second kappa shape index (κ2) is 3.46. The van der Waals surface area contributed by atoms with Gasteiger partial charge in [0.25, 0.3) is 0 Å². The fraction of sp³-hybridized carbons (Fsp3) is 0.0909. The monoisotopic (exact) mass is 199 g/mol. The van der Waals surface area contributed by atoms with Crippen LogP contribution in [0.3, 0.4) is 0 Å². The lowest BCUT2D eigenvalue weighted by molar-refractivity contribution is 0.477. The van der Waals surface area contributed by atoms with Crippen LogP contribution in [0.25, 0.3) is 11.3 Å². The first-order chi connectivity index (χ1) is 7.22. The minimum Gasteiger partial charge on any atom is -0.507 e. The van der Waals surface area contributed by atoms with Crippen molar-refractivity contribution in [3.8, 4) is 23.1 Å². The quantitative estimate of drug-likeness (QED) is 0.759. The second-order valence-corrected chi connectivity index (χ2v) is 3.19. The summed E-state index contributed by atoms with van der Waals surface area (Å²) >= 11 is 0. The number of phenolic OH excluding ortho intramolecular Hbond substituents is 1. The standard InChI is InChI=1S/C11H9N3O/c1-14-7-8(6-12)11(13-14)9-4-2-3-5-10(9)15/h2-5,7,15H,1H3. The van der Waals surface area contributed by atoms with Crippen molar-refractivity contribution in [2.24, 2.45) is 7.05 Å². The molecule has 0 radical (unpaired) electrons. The van der Waals surface area contributed by atoms with E-state index in [1.54, 1.807) is 42.2 Å². The molecule has 2 aromatic rings. The molecule has 4 heteroatoms. The Morgan fingerprint density at radius 2 is 2.13 bits per heavy atom. The molecule has 0 spiro atoms. The Labute approximate surface area is 87.0 Å². The Bertz CT molecular complexity index is 537. The summed E-state index contributed by atoms with van der Waals surface area (Å²) in [6.07, 6.45) is 1.63. The molecule has 0 saturated heterocycles. The molecular weight excluding hydrogens is 190 g/mol. The number of aromatic nitrogens is 2. The molecule has 0 amide bonds. The molecule has 15 heavy (non-hydrogen) atoms. The molecule has 0 aliphatic carbocycles. The molecule has 0 unspecified atom stereocenters. The highest BCUT2D eigenvalue weighted by atomic mass is 16.3. The minimum absolute atomic E-state index is 0.132. The molecule has 1 heterocycles. The van der Waals surface area contributed by atoms with E-state index >= 15 is 0 Å². The lowest BCUT2D eigenvalue weighted by Gasteiger charge is -2.00. The van der Waals surface area contributed by atoms with Crippen molar-refractivity contribution in [1.29, 1.82) is 5.26 Å². The first kappa shape index (κ1) is 9.28. The maximum atomic E-state index is 9.63. The first-order valence-electron chi connectivity index (χ1n) is 4.44. The molecular formula is C11H9N3O. The summed E-state index contributed by atoms with van der Waals surface area (Å²) in [6.45, 7) is 0. The largest absolute Gasteiger partial charge is 0.507 e. The Balaban J connectivity index is 2.65. The summed E-state index contributed by atoms with van der Waals surface area (Å²) in [7, 11) is 1.74. The van der Waals surface area contributed by atoms with Crippen molar-refractivity contribution in [1.82, 2.24) is 9.78 Å². The third-order valence-electron chi connectivity index (χ3n) is 2.11. The van der Waals surface area contributed by atoms with Crippen LogP contribution >= 0.6 is 0 Å². The predicted octanol–water partition coefficient (Wildman–Crippen LogP) is 1.66. The average molecular weight is 199 g/mol. The molecule has 4 nitrogen and oxygen atoms in total. The van der Waals surface area contributed by atoms with E-state index in [-0.39, 0.29) is 5.75 Å². The van der Waals surface area contributed by atoms with Crippen LogP contribution in [0.15, 0.2) is 30.5 Å². The molecule has 0 fully saturated rings. The molecule has 0 saturated carbocycles. The van der Waals surface area contributed by atoms with Gasteiger partial charge in [-0.3, -0.25) is 4.68 Å². The number of aryl methyl sites for hydroxylation is 1. The van der Waals surface area contributed by atoms with E-state index in [2.05, 4.69) is 5.10 Å². The summed E-state index contributed by atoms with van der Waals surface area (Å²) < 4.78 is 1.56. The third-order valence-corrected chi connectivity index (χ3v) is 2.11. The highest BCUT2D eigenvalue weighted by molar-refractivity contribution is 5.71. The highest BCUT2D eigenvalue weighted by Gasteiger charge is 2.12. The molecule has 0 bridgehead atoms. The van der Waals surface area contributed by atoms with Crippen LogP contribution in [0, 0.1) is 11.3 Å². The number of nitriles is 1. The smallest absolute Gasteiger partial charge is 0.125 e. The van der Waals surface area contributed by atoms with Crippen molar-refractivity contribution < 1.29 is 5.11 Å².